The van der Waals surface area contributed by atoms with Crippen LogP contribution in [0.4, 0.5) is 0 Å². The van der Waals surface area contributed by atoms with Gasteiger partial charge in [0.05, 0.1) is 0 Å². The molecule has 7 atom stereocenters. The van der Waals surface area contributed by atoms with E-state index in [1.165, 1.54) is 25.7 Å². The molecule has 170 valence electrons. The van der Waals surface area contributed by atoms with E-state index < -0.39 is 8.32 Å². The summed E-state index contributed by atoms with van der Waals surface area (Å²) < 4.78 is 6.89. The first-order valence-corrected chi connectivity index (χ1v) is 15.7. The number of hydrogen-bond donors (Lipinski definition) is 0. The van der Waals surface area contributed by atoms with Crippen LogP contribution in [0.25, 0.3) is 0 Å². The lowest BCUT2D eigenvalue weighted by Gasteiger charge is -2.59. The summed E-state index contributed by atoms with van der Waals surface area (Å²) in [6.45, 7) is 19.1. The topological polar surface area (TPSA) is 26.3 Å². The van der Waals surface area contributed by atoms with Gasteiger partial charge in [0.2, 0.25) is 0 Å². The summed E-state index contributed by atoms with van der Waals surface area (Å²) in [5.41, 5.74) is 2.01. The van der Waals surface area contributed by atoms with Crippen LogP contribution in [0.5, 0.6) is 0 Å². The summed E-state index contributed by atoms with van der Waals surface area (Å²) in [6, 6.07) is 0. The Morgan fingerprint density at radius 1 is 1.07 bits per heavy atom. The zero-order valence-corrected chi connectivity index (χ0v) is 21.9. The highest BCUT2D eigenvalue weighted by Gasteiger charge is 2.60. The van der Waals surface area contributed by atoms with E-state index in [9.17, 15) is 4.79 Å². The van der Waals surface area contributed by atoms with Gasteiger partial charge in [0, 0.05) is 17.9 Å². The summed E-state index contributed by atoms with van der Waals surface area (Å²) in [4.78, 5) is 12.8. The van der Waals surface area contributed by atoms with Crippen molar-refractivity contribution in [1.82, 2.24) is 0 Å². The molecule has 0 aromatic rings. The Bertz CT molecular complexity index is 732. The molecule has 4 aliphatic rings. The number of ketones is 1. The van der Waals surface area contributed by atoms with Crippen LogP contribution in [-0.2, 0) is 9.22 Å². The van der Waals surface area contributed by atoms with Gasteiger partial charge < -0.3 is 4.43 Å². The van der Waals surface area contributed by atoms with E-state index in [4.69, 9.17) is 4.43 Å². The molecule has 0 N–H and O–H groups in total. The molecular formula is C27H46O2Si. The standard InChI is InChI=1S/C27H46O2Si/c1-9-18-16-19-17-20(29-30(7,8)25(2,3)4)12-14-26(19,5)22-13-15-27(6)21(24(18)22)10-11-23(27)28/h16,18,20-22,24H,9-15,17H2,1-8H3/t18-,20-,21-,22-,24-,26-,27-/m0/s1. The van der Waals surface area contributed by atoms with Crippen molar-refractivity contribution in [2.24, 2.45) is 34.5 Å². The highest BCUT2D eigenvalue weighted by atomic mass is 28.4. The van der Waals surface area contributed by atoms with Gasteiger partial charge in [-0.05, 0) is 92.2 Å². The average molecular weight is 431 g/mol. The minimum Gasteiger partial charge on any atom is -0.414 e. The number of fused-ring (bicyclic) bond motifs is 5. The molecule has 2 nitrogen and oxygen atoms in total. The largest absolute Gasteiger partial charge is 0.414 e. The van der Waals surface area contributed by atoms with Gasteiger partial charge in [0.25, 0.3) is 0 Å². The lowest BCUT2D eigenvalue weighted by molar-refractivity contribution is -0.133. The summed E-state index contributed by atoms with van der Waals surface area (Å²) in [6.07, 6.45) is 12.3. The molecule has 3 fully saturated rings. The molecule has 0 amide bonds. The number of allylic oxidation sites excluding steroid dienone is 1. The maximum absolute atomic E-state index is 12.8. The fraction of sp³-hybridized carbons (Fsp3) is 0.889. The fourth-order valence-corrected chi connectivity index (χ4v) is 9.03. The number of carbonyl (C=O) groups excluding carboxylic acids is 1. The molecule has 3 heteroatoms. The normalized spacial score (nSPS) is 44.2. The van der Waals surface area contributed by atoms with Crippen LogP contribution in [0, 0.1) is 34.5 Å². The van der Waals surface area contributed by atoms with E-state index in [-0.39, 0.29) is 10.5 Å². The number of Topliss-reactive ketones (excluding diaryl/α,β-unsaturated/α-hetero) is 1. The minimum atomic E-state index is -1.73. The lowest BCUT2D eigenvalue weighted by atomic mass is 9.45. The molecule has 0 aromatic carbocycles. The molecule has 0 saturated heterocycles. The first-order valence-electron chi connectivity index (χ1n) is 12.8. The van der Waals surface area contributed by atoms with Crippen LogP contribution >= 0.6 is 0 Å². The molecule has 3 saturated carbocycles. The monoisotopic (exact) mass is 430 g/mol. The van der Waals surface area contributed by atoms with Crippen LogP contribution < -0.4 is 0 Å². The Morgan fingerprint density at radius 2 is 1.70 bits per heavy atom. The zero-order chi connectivity index (χ0) is 22.1. The molecular weight excluding hydrogens is 384 g/mol. The predicted octanol–water partition coefficient (Wildman–Crippen LogP) is 7.54. The second kappa shape index (κ2) is 7.30. The van der Waals surface area contributed by atoms with E-state index in [2.05, 4.69) is 60.7 Å². The zero-order valence-electron chi connectivity index (χ0n) is 20.9. The molecule has 0 radical (unpaired) electrons. The predicted molar refractivity (Wildman–Crippen MR) is 128 cm³/mol. The van der Waals surface area contributed by atoms with Gasteiger partial charge in [-0.25, -0.2) is 0 Å². The number of carbonyl (C=O) groups is 1. The molecule has 0 spiro atoms. The van der Waals surface area contributed by atoms with Crippen molar-refractivity contribution in [1.29, 1.82) is 0 Å². The molecule has 30 heavy (non-hydrogen) atoms. The summed E-state index contributed by atoms with van der Waals surface area (Å²) in [5.74, 6) is 3.31. The SMILES string of the molecule is CC[C@H]1C=C2C[C@@H](O[Si](C)(C)C(C)(C)C)CC[C@]2(C)[C@H]2CC[C@]3(C)C(=O)CC[C@H]3[C@H]12. The Hall–Kier alpha value is -0.413. The first kappa shape index (κ1) is 22.8. The van der Waals surface area contributed by atoms with Crippen LogP contribution in [0.2, 0.25) is 18.1 Å². The van der Waals surface area contributed by atoms with Gasteiger partial charge in [0.15, 0.2) is 8.32 Å². The minimum absolute atomic E-state index is 0.0288. The van der Waals surface area contributed by atoms with E-state index >= 15 is 0 Å². The molecule has 0 bridgehead atoms. The van der Waals surface area contributed by atoms with Gasteiger partial charge in [-0.15, -0.1) is 0 Å². The van der Waals surface area contributed by atoms with Crippen LogP contribution in [0.1, 0.15) is 92.9 Å². The lowest BCUT2D eigenvalue weighted by Crippen LogP contribution is -2.54. The third-order valence-electron chi connectivity index (χ3n) is 10.7. The Balaban J connectivity index is 1.62. The van der Waals surface area contributed by atoms with E-state index in [0.29, 0.717) is 35.1 Å². The van der Waals surface area contributed by atoms with E-state index in [1.54, 1.807) is 5.57 Å². The third kappa shape index (κ3) is 3.32. The number of hydrogen-bond acceptors (Lipinski definition) is 2. The molecule has 0 unspecified atom stereocenters. The summed E-state index contributed by atoms with van der Waals surface area (Å²) in [7, 11) is -1.73. The Kier molecular flexibility index (Phi) is 5.54. The maximum Gasteiger partial charge on any atom is 0.192 e. The average Bonchev–Trinajstić information content (AvgIpc) is 2.95. The third-order valence-corrected chi connectivity index (χ3v) is 15.2. The molecule has 4 aliphatic carbocycles. The molecule has 0 heterocycles. The van der Waals surface area contributed by atoms with Crippen molar-refractivity contribution in [3.05, 3.63) is 11.6 Å². The van der Waals surface area contributed by atoms with Crippen molar-refractivity contribution in [2.75, 3.05) is 0 Å². The van der Waals surface area contributed by atoms with Crippen molar-refractivity contribution in [3.63, 3.8) is 0 Å². The second-order valence-electron chi connectivity index (χ2n) is 13.1. The van der Waals surface area contributed by atoms with Crippen molar-refractivity contribution >= 4 is 14.1 Å². The van der Waals surface area contributed by atoms with Crippen LogP contribution in [0.15, 0.2) is 11.6 Å². The smallest absolute Gasteiger partial charge is 0.192 e. The van der Waals surface area contributed by atoms with Gasteiger partial charge in [-0.2, -0.15) is 0 Å². The molecule has 0 aliphatic heterocycles. The first-order chi connectivity index (χ1) is 13.8. The molecule has 0 aromatic heterocycles. The summed E-state index contributed by atoms with van der Waals surface area (Å²) in [5, 5.41) is 0.272. The quantitative estimate of drug-likeness (QED) is 0.341. The van der Waals surface area contributed by atoms with Gasteiger partial charge in [-0.3, -0.25) is 4.79 Å². The van der Waals surface area contributed by atoms with Crippen molar-refractivity contribution in [3.8, 4) is 0 Å². The van der Waals surface area contributed by atoms with E-state index in [0.717, 1.165) is 31.6 Å². The van der Waals surface area contributed by atoms with Gasteiger partial charge in [0.1, 0.15) is 5.78 Å². The Morgan fingerprint density at radius 3 is 2.33 bits per heavy atom. The van der Waals surface area contributed by atoms with Crippen LogP contribution in [-0.4, -0.2) is 20.2 Å². The highest BCUT2D eigenvalue weighted by molar-refractivity contribution is 6.74. The van der Waals surface area contributed by atoms with Gasteiger partial charge in [-0.1, -0.05) is 53.2 Å². The van der Waals surface area contributed by atoms with Crippen LogP contribution in [0.3, 0.4) is 0 Å². The molecule has 4 rings (SSSR count). The fourth-order valence-electron chi connectivity index (χ4n) is 7.65. The highest BCUT2D eigenvalue weighted by Crippen LogP contribution is 2.65. The van der Waals surface area contributed by atoms with Crippen molar-refractivity contribution in [2.45, 2.75) is 117 Å². The Labute approximate surface area is 186 Å². The summed E-state index contributed by atoms with van der Waals surface area (Å²) >= 11 is 0. The van der Waals surface area contributed by atoms with E-state index in [1.807, 2.05) is 0 Å². The second-order valence-corrected chi connectivity index (χ2v) is 17.9. The van der Waals surface area contributed by atoms with Gasteiger partial charge >= 0.3 is 0 Å². The number of rotatable bonds is 3. The maximum atomic E-state index is 12.8. The van der Waals surface area contributed by atoms with Crippen molar-refractivity contribution < 1.29 is 9.22 Å².